The average Bonchev–Trinajstić information content (AvgIpc) is 3.24. The molecule has 1 N–H and O–H groups in total. The third-order valence-corrected chi connectivity index (χ3v) is 4.94. The molecule has 0 bridgehead atoms. The van der Waals surface area contributed by atoms with Crippen LogP contribution >= 0.6 is 23.2 Å². The van der Waals surface area contributed by atoms with Crippen molar-refractivity contribution in [3.05, 3.63) is 68.1 Å². The number of rotatable bonds is 6. The van der Waals surface area contributed by atoms with Crippen molar-refractivity contribution in [2.75, 3.05) is 5.32 Å². The first-order valence-corrected chi connectivity index (χ1v) is 8.99. The van der Waals surface area contributed by atoms with Gasteiger partial charge in [0, 0.05) is 27.9 Å². The number of nitrogens with zero attached hydrogens (tertiary/aromatic N) is 5. The van der Waals surface area contributed by atoms with E-state index in [0.717, 1.165) is 11.8 Å². The fraction of sp³-hybridized carbons (Fsp3) is 0.235. The van der Waals surface area contributed by atoms with Gasteiger partial charge < -0.3 is 5.32 Å². The van der Waals surface area contributed by atoms with Crippen molar-refractivity contribution in [3.8, 4) is 0 Å². The molecule has 0 saturated carbocycles. The molecule has 2 heterocycles. The standard InChI is InChI=1S/C17H16Cl2N6O3/c1-10-15(25(27)28)8-20-24(10)11(2)17(26)21-16-6-7-23(22-16)9-12-13(18)4-3-5-14(12)19/h3-8,11H,9H2,1-2H3,(H,21,22,26). The van der Waals surface area contributed by atoms with Gasteiger partial charge >= 0.3 is 5.69 Å². The van der Waals surface area contributed by atoms with E-state index in [0.29, 0.717) is 28.1 Å². The Bertz CT molecular complexity index is 1030. The Morgan fingerprint density at radius 3 is 2.61 bits per heavy atom. The third kappa shape index (κ3) is 4.00. The van der Waals surface area contributed by atoms with Crippen molar-refractivity contribution in [1.29, 1.82) is 0 Å². The lowest BCUT2D eigenvalue weighted by atomic mass is 10.2. The lowest BCUT2D eigenvalue weighted by Gasteiger charge is -2.12. The van der Waals surface area contributed by atoms with Gasteiger partial charge in [0.25, 0.3) is 0 Å². The number of amides is 1. The summed E-state index contributed by atoms with van der Waals surface area (Å²) in [5, 5.41) is 22.9. The van der Waals surface area contributed by atoms with Crippen LogP contribution in [0.2, 0.25) is 10.0 Å². The molecule has 1 unspecified atom stereocenters. The highest BCUT2D eigenvalue weighted by molar-refractivity contribution is 6.35. The molecule has 0 aliphatic rings. The average molecular weight is 423 g/mol. The van der Waals surface area contributed by atoms with Gasteiger partial charge in [-0.1, -0.05) is 29.3 Å². The van der Waals surface area contributed by atoms with E-state index in [1.807, 2.05) is 0 Å². The normalized spacial score (nSPS) is 12.0. The van der Waals surface area contributed by atoms with E-state index in [4.69, 9.17) is 23.2 Å². The molecule has 1 amide bonds. The zero-order valence-electron chi connectivity index (χ0n) is 15.0. The molecule has 2 aromatic heterocycles. The molecule has 0 aliphatic carbocycles. The van der Waals surface area contributed by atoms with Crippen LogP contribution in [0.1, 0.15) is 24.2 Å². The molecule has 0 saturated heterocycles. The molecular weight excluding hydrogens is 407 g/mol. The van der Waals surface area contributed by atoms with Gasteiger partial charge in [-0.05, 0) is 26.0 Å². The Kier molecular flexibility index (Phi) is 5.66. The van der Waals surface area contributed by atoms with Gasteiger partial charge in [-0.15, -0.1) is 0 Å². The molecule has 0 fully saturated rings. The fourth-order valence-corrected chi connectivity index (χ4v) is 3.20. The lowest BCUT2D eigenvalue weighted by Crippen LogP contribution is -2.25. The smallest absolute Gasteiger partial charge is 0.307 e. The molecule has 9 nitrogen and oxygen atoms in total. The molecule has 0 spiro atoms. The van der Waals surface area contributed by atoms with Crippen molar-refractivity contribution in [3.63, 3.8) is 0 Å². The number of carbonyl (C=O) groups excluding carboxylic acids is 1. The Morgan fingerprint density at radius 1 is 1.32 bits per heavy atom. The minimum Gasteiger partial charge on any atom is -0.307 e. The molecule has 1 atom stereocenters. The molecule has 146 valence electrons. The molecule has 11 heteroatoms. The number of halogens is 2. The van der Waals surface area contributed by atoms with Crippen molar-refractivity contribution < 1.29 is 9.72 Å². The summed E-state index contributed by atoms with van der Waals surface area (Å²) in [7, 11) is 0. The Balaban J connectivity index is 1.71. The van der Waals surface area contributed by atoms with Crippen LogP contribution in [0.4, 0.5) is 11.5 Å². The summed E-state index contributed by atoms with van der Waals surface area (Å²) >= 11 is 12.3. The highest BCUT2D eigenvalue weighted by atomic mass is 35.5. The van der Waals surface area contributed by atoms with Crippen molar-refractivity contribution in [1.82, 2.24) is 19.6 Å². The van der Waals surface area contributed by atoms with E-state index in [1.54, 1.807) is 42.1 Å². The summed E-state index contributed by atoms with van der Waals surface area (Å²) < 4.78 is 2.89. The molecule has 0 radical (unpaired) electrons. The largest absolute Gasteiger partial charge is 0.309 e. The van der Waals surface area contributed by atoms with Crippen LogP contribution < -0.4 is 5.32 Å². The van der Waals surface area contributed by atoms with Crippen LogP contribution in [0.3, 0.4) is 0 Å². The first-order chi connectivity index (χ1) is 13.3. The van der Waals surface area contributed by atoms with Crippen LogP contribution in [-0.2, 0) is 11.3 Å². The van der Waals surface area contributed by atoms with Crippen LogP contribution in [0.5, 0.6) is 0 Å². The first-order valence-electron chi connectivity index (χ1n) is 8.23. The second kappa shape index (κ2) is 7.99. The Morgan fingerprint density at radius 2 is 2.00 bits per heavy atom. The van der Waals surface area contributed by atoms with Crippen molar-refractivity contribution in [2.24, 2.45) is 0 Å². The summed E-state index contributed by atoms with van der Waals surface area (Å²) in [6.45, 7) is 3.48. The maximum Gasteiger partial charge on any atom is 0.309 e. The monoisotopic (exact) mass is 422 g/mol. The molecule has 1 aromatic carbocycles. The quantitative estimate of drug-likeness (QED) is 0.479. The minimum atomic E-state index is -0.753. The lowest BCUT2D eigenvalue weighted by molar-refractivity contribution is -0.385. The van der Waals surface area contributed by atoms with Gasteiger partial charge in [0.15, 0.2) is 5.82 Å². The number of aromatic nitrogens is 4. The molecular formula is C17H16Cl2N6O3. The summed E-state index contributed by atoms with van der Waals surface area (Å²) in [4.78, 5) is 22.9. The van der Waals surface area contributed by atoms with Crippen molar-refractivity contribution in [2.45, 2.75) is 26.4 Å². The predicted molar refractivity (Wildman–Crippen MR) is 105 cm³/mol. The summed E-state index contributed by atoms with van der Waals surface area (Å²) in [5.41, 5.74) is 0.881. The molecule has 3 aromatic rings. The van der Waals surface area contributed by atoms with Crippen molar-refractivity contribution >= 4 is 40.6 Å². The second-order valence-corrected chi connectivity index (χ2v) is 6.90. The van der Waals surface area contributed by atoms with E-state index in [-0.39, 0.29) is 5.69 Å². The summed E-state index contributed by atoms with van der Waals surface area (Å²) in [5.74, 6) is -0.0681. The van der Waals surface area contributed by atoms with Gasteiger partial charge in [-0.2, -0.15) is 10.2 Å². The van der Waals surface area contributed by atoms with Crippen LogP contribution in [0.25, 0.3) is 0 Å². The van der Waals surface area contributed by atoms with Crippen LogP contribution in [0.15, 0.2) is 36.7 Å². The van der Waals surface area contributed by atoms with E-state index in [9.17, 15) is 14.9 Å². The molecule has 3 rings (SSSR count). The van der Waals surface area contributed by atoms with Crippen LogP contribution in [0, 0.1) is 17.0 Å². The van der Waals surface area contributed by atoms with Crippen LogP contribution in [-0.4, -0.2) is 30.4 Å². The van der Waals surface area contributed by atoms with Gasteiger partial charge in [-0.3, -0.25) is 24.3 Å². The number of hydrogen-bond acceptors (Lipinski definition) is 5. The van der Waals surface area contributed by atoms with E-state index >= 15 is 0 Å². The number of carbonyl (C=O) groups is 1. The number of anilines is 1. The van der Waals surface area contributed by atoms with E-state index < -0.39 is 16.9 Å². The van der Waals surface area contributed by atoms with Gasteiger partial charge in [0.05, 0.1) is 11.5 Å². The minimum absolute atomic E-state index is 0.138. The summed E-state index contributed by atoms with van der Waals surface area (Å²) in [6.07, 6.45) is 2.81. The maximum atomic E-state index is 12.5. The van der Waals surface area contributed by atoms with Gasteiger partial charge in [0.2, 0.25) is 5.91 Å². The number of nitrogens with one attached hydrogen (secondary N) is 1. The predicted octanol–water partition coefficient (Wildman–Crippen LogP) is 3.85. The molecule has 28 heavy (non-hydrogen) atoms. The molecule has 0 aliphatic heterocycles. The maximum absolute atomic E-state index is 12.5. The van der Waals surface area contributed by atoms with E-state index in [2.05, 4.69) is 15.5 Å². The SMILES string of the molecule is Cc1c([N+](=O)[O-])cnn1C(C)C(=O)Nc1ccn(Cc2c(Cl)cccc2Cl)n1. The zero-order chi connectivity index (χ0) is 20.4. The van der Waals surface area contributed by atoms with E-state index in [1.165, 1.54) is 11.6 Å². The highest BCUT2D eigenvalue weighted by Crippen LogP contribution is 2.25. The second-order valence-electron chi connectivity index (χ2n) is 6.08. The van der Waals surface area contributed by atoms with Gasteiger partial charge in [-0.25, -0.2) is 0 Å². The van der Waals surface area contributed by atoms with Gasteiger partial charge in [0.1, 0.15) is 17.9 Å². The number of nitro groups is 1. The zero-order valence-corrected chi connectivity index (χ0v) is 16.5. The fourth-order valence-electron chi connectivity index (χ4n) is 2.69. The summed E-state index contributed by atoms with van der Waals surface area (Å²) in [6, 6.07) is 6.11. The Hall–Kier alpha value is -2.91. The topological polar surface area (TPSA) is 108 Å². The Labute approximate surface area is 170 Å². The number of hydrogen-bond donors (Lipinski definition) is 1. The third-order valence-electron chi connectivity index (χ3n) is 4.24. The first kappa shape index (κ1) is 19.8. The number of benzene rings is 1. The highest BCUT2D eigenvalue weighted by Gasteiger charge is 2.24.